The molecule has 3 N–H and O–H groups in total. The maximum absolute atomic E-state index is 13.0. The van der Waals surface area contributed by atoms with Gasteiger partial charge in [-0.1, -0.05) is 57.0 Å². The number of rotatable bonds is 15. The van der Waals surface area contributed by atoms with Crippen molar-refractivity contribution in [2.24, 2.45) is 5.41 Å². The number of nitrogens with one attached hydrogen (secondary N) is 2. The first kappa shape index (κ1) is 26.8. The number of aliphatic carboxylic acids is 1. The summed E-state index contributed by atoms with van der Waals surface area (Å²) in [5.74, 6) is -1.29. The monoisotopic (exact) mass is 459 g/mol. The predicted octanol–water partition coefficient (Wildman–Crippen LogP) is 3.38. The molecule has 0 radical (unpaired) electrons. The molecule has 1 fully saturated rings. The van der Waals surface area contributed by atoms with E-state index in [1.54, 1.807) is 0 Å². The number of benzene rings is 1. The van der Waals surface area contributed by atoms with Gasteiger partial charge in [0, 0.05) is 19.4 Å². The van der Waals surface area contributed by atoms with Crippen LogP contribution in [0.5, 0.6) is 0 Å². The van der Waals surface area contributed by atoms with Crippen LogP contribution in [0.4, 0.5) is 0 Å². The molecule has 0 saturated heterocycles. The largest absolute Gasteiger partial charge is 0.481 e. The molecule has 0 aliphatic heterocycles. The van der Waals surface area contributed by atoms with E-state index in [9.17, 15) is 19.5 Å². The number of hydrogen-bond donors (Lipinski definition) is 3. The van der Waals surface area contributed by atoms with E-state index in [1.807, 2.05) is 30.3 Å². The van der Waals surface area contributed by atoms with Crippen LogP contribution in [0.2, 0.25) is 0 Å². The number of carboxylic acid groups (broad SMARTS) is 1. The van der Waals surface area contributed by atoms with Crippen LogP contribution in [-0.4, -0.2) is 60.0 Å². The maximum Gasteiger partial charge on any atom is 0.303 e. The van der Waals surface area contributed by atoms with Crippen LogP contribution in [0.3, 0.4) is 0 Å². The maximum atomic E-state index is 13.0. The lowest BCUT2D eigenvalue weighted by Crippen LogP contribution is -2.49. The molecule has 7 heteroatoms. The topological polar surface area (TPSA) is 98.7 Å². The van der Waals surface area contributed by atoms with Gasteiger partial charge in [0.15, 0.2) is 0 Å². The van der Waals surface area contributed by atoms with Gasteiger partial charge in [0.1, 0.15) is 6.04 Å². The summed E-state index contributed by atoms with van der Waals surface area (Å²) >= 11 is 0. The Kier molecular flexibility index (Phi) is 11.4. The summed E-state index contributed by atoms with van der Waals surface area (Å²) in [6.07, 6.45) is 5.84. The van der Waals surface area contributed by atoms with Crippen molar-refractivity contribution in [1.29, 1.82) is 0 Å². The fraction of sp³-hybridized carbons (Fsp3) is 0.654. The van der Waals surface area contributed by atoms with Crippen LogP contribution in [0, 0.1) is 5.41 Å². The minimum atomic E-state index is -0.868. The summed E-state index contributed by atoms with van der Waals surface area (Å²) in [7, 11) is 0. The Morgan fingerprint density at radius 2 is 1.70 bits per heavy atom. The van der Waals surface area contributed by atoms with Gasteiger partial charge in [0.05, 0.1) is 6.42 Å². The molecule has 0 spiro atoms. The van der Waals surface area contributed by atoms with E-state index in [-0.39, 0.29) is 24.7 Å². The highest BCUT2D eigenvalue weighted by Crippen LogP contribution is 2.44. The zero-order chi connectivity index (χ0) is 24.1. The van der Waals surface area contributed by atoms with Gasteiger partial charge >= 0.3 is 5.97 Å². The lowest BCUT2D eigenvalue weighted by atomic mass is 9.79. The van der Waals surface area contributed by atoms with E-state index in [0.29, 0.717) is 13.0 Å². The zero-order valence-corrected chi connectivity index (χ0v) is 20.3. The molecule has 0 unspecified atom stereocenters. The van der Waals surface area contributed by atoms with E-state index in [4.69, 9.17) is 0 Å². The highest BCUT2D eigenvalue weighted by Gasteiger charge is 2.38. The van der Waals surface area contributed by atoms with Crippen LogP contribution < -0.4 is 10.6 Å². The van der Waals surface area contributed by atoms with E-state index in [0.717, 1.165) is 63.7 Å². The molecule has 1 aromatic carbocycles. The molecule has 1 aliphatic carbocycles. The zero-order valence-electron chi connectivity index (χ0n) is 20.3. The Bertz CT molecular complexity index is 743. The lowest BCUT2D eigenvalue weighted by Gasteiger charge is -2.27. The fourth-order valence-electron chi connectivity index (χ4n) is 4.84. The van der Waals surface area contributed by atoms with Gasteiger partial charge in [-0.05, 0) is 56.3 Å². The van der Waals surface area contributed by atoms with Gasteiger partial charge in [0.2, 0.25) is 11.8 Å². The average Bonchev–Trinajstić information content (AvgIpc) is 3.23. The Hall–Kier alpha value is -2.41. The molecule has 1 aromatic rings. The molecule has 1 saturated carbocycles. The summed E-state index contributed by atoms with van der Waals surface area (Å²) in [4.78, 5) is 39.6. The van der Waals surface area contributed by atoms with Crippen molar-refractivity contribution in [2.75, 3.05) is 26.2 Å². The molecule has 2 amide bonds. The van der Waals surface area contributed by atoms with Gasteiger partial charge in [-0.25, -0.2) is 0 Å². The third kappa shape index (κ3) is 9.54. The number of unbranched alkanes of at least 4 members (excludes halogenated alkanes) is 1. The van der Waals surface area contributed by atoms with Crippen molar-refractivity contribution in [1.82, 2.24) is 15.5 Å². The van der Waals surface area contributed by atoms with Crippen molar-refractivity contribution < 1.29 is 19.5 Å². The summed E-state index contributed by atoms with van der Waals surface area (Å²) in [6.45, 7) is 7.93. The van der Waals surface area contributed by atoms with Crippen molar-refractivity contribution in [3.8, 4) is 0 Å². The second-order valence-corrected chi connectivity index (χ2v) is 9.29. The molecule has 0 heterocycles. The van der Waals surface area contributed by atoms with Crippen molar-refractivity contribution in [3.63, 3.8) is 0 Å². The highest BCUT2D eigenvalue weighted by atomic mass is 16.4. The van der Waals surface area contributed by atoms with Crippen LogP contribution in [0.1, 0.15) is 70.8 Å². The first-order valence-corrected chi connectivity index (χ1v) is 12.4. The number of hydrogen-bond acceptors (Lipinski definition) is 4. The first-order chi connectivity index (χ1) is 15.9. The minimum absolute atomic E-state index is 0.00249. The van der Waals surface area contributed by atoms with Gasteiger partial charge in [-0.3, -0.25) is 14.4 Å². The Balaban J connectivity index is 1.94. The van der Waals surface area contributed by atoms with Crippen LogP contribution in [0.15, 0.2) is 30.3 Å². The number of amides is 2. The summed E-state index contributed by atoms with van der Waals surface area (Å²) < 4.78 is 0. The second kappa shape index (κ2) is 14.0. The number of carbonyl (C=O) groups is 3. The molecule has 0 bridgehead atoms. The van der Waals surface area contributed by atoms with E-state index >= 15 is 0 Å². The molecule has 33 heavy (non-hydrogen) atoms. The standard InChI is InChI=1S/C26H41N3O4/c1-3-29(4-2)17-11-10-16-27-25(33)22(18-21-12-6-5-7-13-21)28-23(30)19-26(20-24(31)32)14-8-9-15-26/h5-7,12-13,22H,3-4,8-11,14-20H2,1-2H3,(H,27,33)(H,28,30)(H,31,32)/t22-/m0/s1. The quantitative estimate of drug-likeness (QED) is 0.349. The molecule has 2 rings (SSSR count). The fourth-order valence-corrected chi connectivity index (χ4v) is 4.84. The number of carbonyl (C=O) groups excluding carboxylic acids is 2. The smallest absolute Gasteiger partial charge is 0.303 e. The third-order valence-electron chi connectivity index (χ3n) is 6.76. The van der Waals surface area contributed by atoms with Crippen molar-refractivity contribution in [3.05, 3.63) is 35.9 Å². The van der Waals surface area contributed by atoms with Gasteiger partial charge in [0.25, 0.3) is 0 Å². The molecule has 7 nitrogen and oxygen atoms in total. The average molecular weight is 460 g/mol. The third-order valence-corrected chi connectivity index (χ3v) is 6.76. The van der Waals surface area contributed by atoms with E-state index < -0.39 is 17.4 Å². The van der Waals surface area contributed by atoms with Gasteiger partial charge in [-0.2, -0.15) is 0 Å². The second-order valence-electron chi connectivity index (χ2n) is 9.29. The molecule has 0 aromatic heterocycles. The Morgan fingerprint density at radius 3 is 2.30 bits per heavy atom. The molecule has 1 aliphatic rings. The predicted molar refractivity (Wildman–Crippen MR) is 130 cm³/mol. The van der Waals surface area contributed by atoms with Crippen LogP contribution in [-0.2, 0) is 20.8 Å². The van der Waals surface area contributed by atoms with Crippen molar-refractivity contribution in [2.45, 2.75) is 77.7 Å². The lowest BCUT2D eigenvalue weighted by molar-refractivity contribution is -0.140. The van der Waals surface area contributed by atoms with E-state index in [2.05, 4.69) is 29.4 Å². The van der Waals surface area contributed by atoms with Gasteiger partial charge < -0.3 is 20.6 Å². The molecule has 1 atom stereocenters. The Morgan fingerprint density at radius 1 is 1.03 bits per heavy atom. The highest BCUT2D eigenvalue weighted by molar-refractivity contribution is 5.88. The SMILES string of the molecule is CCN(CC)CCCCNC(=O)[C@H](Cc1ccccc1)NC(=O)CC1(CC(=O)O)CCCC1. The number of nitrogens with zero attached hydrogens (tertiary/aromatic N) is 1. The van der Waals surface area contributed by atoms with Crippen LogP contribution in [0.25, 0.3) is 0 Å². The van der Waals surface area contributed by atoms with E-state index in [1.165, 1.54) is 0 Å². The molecular weight excluding hydrogens is 418 g/mol. The summed E-state index contributed by atoms with van der Waals surface area (Å²) in [5.41, 5.74) is 0.481. The van der Waals surface area contributed by atoms with Crippen molar-refractivity contribution >= 4 is 17.8 Å². The summed E-state index contributed by atoms with van der Waals surface area (Å²) in [5, 5.41) is 15.2. The first-order valence-electron chi connectivity index (χ1n) is 12.4. The molecule has 184 valence electrons. The molecular formula is C26H41N3O4. The normalized spacial score (nSPS) is 15.8. The summed E-state index contributed by atoms with van der Waals surface area (Å²) in [6, 6.07) is 8.96. The Labute approximate surface area is 198 Å². The van der Waals surface area contributed by atoms with Gasteiger partial charge in [-0.15, -0.1) is 0 Å². The van der Waals surface area contributed by atoms with Crippen LogP contribution >= 0.6 is 0 Å². The number of carboxylic acids is 1. The minimum Gasteiger partial charge on any atom is -0.481 e.